The molecule has 2 aromatic carbocycles. The van der Waals surface area contributed by atoms with Gasteiger partial charge >= 0.3 is 0 Å². The zero-order chi connectivity index (χ0) is 17.6. The first-order chi connectivity index (χ1) is 12.2. The Kier molecular flexibility index (Phi) is 5.28. The minimum Gasteiger partial charge on any atom is -0.493 e. The van der Waals surface area contributed by atoms with Crippen molar-refractivity contribution in [2.45, 2.75) is 12.8 Å². The summed E-state index contributed by atoms with van der Waals surface area (Å²) < 4.78 is 21.3. The van der Waals surface area contributed by atoms with Crippen LogP contribution in [0.3, 0.4) is 0 Å². The number of para-hydroxylation sites is 1. The summed E-state index contributed by atoms with van der Waals surface area (Å²) in [6.07, 6.45) is 0.969. The van der Waals surface area contributed by atoms with Gasteiger partial charge in [-0.2, -0.15) is 0 Å². The number of amides is 1. The van der Waals surface area contributed by atoms with E-state index in [0.717, 1.165) is 11.1 Å². The van der Waals surface area contributed by atoms with Gasteiger partial charge in [-0.05, 0) is 30.2 Å². The van der Waals surface area contributed by atoms with Crippen molar-refractivity contribution in [1.82, 2.24) is 5.32 Å². The van der Waals surface area contributed by atoms with Gasteiger partial charge in [0.2, 0.25) is 12.7 Å². The number of nitrogens with one attached hydrogen (secondary N) is 1. The summed E-state index contributed by atoms with van der Waals surface area (Å²) in [5.41, 5.74) is 1.90. The van der Waals surface area contributed by atoms with Crippen molar-refractivity contribution in [3.63, 3.8) is 0 Å². The molecule has 0 saturated heterocycles. The van der Waals surface area contributed by atoms with Crippen molar-refractivity contribution in [3.05, 3.63) is 47.5 Å². The van der Waals surface area contributed by atoms with Crippen LogP contribution in [0.1, 0.15) is 11.1 Å². The Labute approximate surface area is 146 Å². The van der Waals surface area contributed by atoms with Crippen molar-refractivity contribution >= 4 is 5.91 Å². The van der Waals surface area contributed by atoms with Crippen LogP contribution in [-0.4, -0.2) is 33.5 Å². The second-order valence-electron chi connectivity index (χ2n) is 5.62. The summed E-state index contributed by atoms with van der Waals surface area (Å²) in [5, 5.41) is 2.93. The normalized spacial score (nSPS) is 11.9. The van der Waals surface area contributed by atoms with E-state index in [9.17, 15) is 4.79 Å². The van der Waals surface area contributed by atoms with Gasteiger partial charge in [0.15, 0.2) is 23.0 Å². The van der Waals surface area contributed by atoms with Crippen LogP contribution >= 0.6 is 0 Å². The molecule has 0 saturated carbocycles. The lowest BCUT2D eigenvalue weighted by molar-refractivity contribution is -0.120. The third-order valence-corrected chi connectivity index (χ3v) is 4.01. The molecule has 1 aliphatic heterocycles. The minimum atomic E-state index is -0.0515. The van der Waals surface area contributed by atoms with Gasteiger partial charge in [0.25, 0.3) is 0 Å². The van der Waals surface area contributed by atoms with E-state index in [0.29, 0.717) is 36.0 Å². The fourth-order valence-corrected chi connectivity index (χ4v) is 2.75. The lowest BCUT2D eigenvalue weighted by Gasteiger charge is -2.10. The third-order valence-electron chi connectivity index (χ3n) is 4.01. The van der Waals surface area contributed by atoms with Crippen LogP contribution in [0.2, 0.25) is 0 Å². The maximum atomic E-state index is 12.2. The van der Waals surface area contributed by atoms with Crippen molar-refractivity contribution in [3.8, 4) is 23.0 Å². The molecule has 0 aromatic heterocycles. The topological polar surface area (TPSA) is 66.0 Å². The summed E-state index contributed by atoms with van der Waals surface area (Å²) in [6, 6.07) is 11.3. The summed E-state index contributed by atoms with van der Waals surface area (Å²) in [5.74, 6) is 2.68. The smallest absolute Gasteiger partial charge is 0.231 e. The number of carbonyl (C=O) groups excluding carboxylic acids is 1. The number of hydrogen-bond acceptors (Lipinski definition) is 5. The Balaban J connectivity index is 1.52. The lowest BCUT2D eigenvalue weighted by Crippen LogP contribution is -2.27. The molecule has 0 fully saturated rings. The fraction of sp³-hybridized carbons (Fsp3) is 0.316. The van der Waals surface area contributed by atoms with Crippen molar-refractivity contribution < 1.29 is 23.7 Å². The second kappa shape index (κ2) is 7.79. The molecular weight excluding hydrogens is 322 g/mol. The number of rotatable bonds is 7. The zero-order valence-corrected chi connectivity index (χ0v) is 14.3. The SMILES string of the molecule is COc1ccc(CCNC(=O)Cc2cccc3c2OCO3)cc1OC. The Morgan fingerprint density at radius 3 is 2.76 bits per heavy atom. The number of methoxy groups -OCH3 is 2. The summed E-state index contributed by atoms with van der Waals surface area (Å²) in [4.78, 5) is 12.2. The van der Waals surface area contributed by atoms with Crippen molar-refractivity contribution in [2.24, 2.45) is 0 Å². The maximum Gasteiger partial charge on any atom is 0.231 e. The molecule has 0 unspecified atom stereocenters. The molecule has 132 valence electrons. The standard InChI is InChI=1S/C19H21NO5/c1-22-15-7-6-13(10-17(15)23-2)8-9-20-18(21)11-14-4-3-5-16-19(14)25-12-24-16/h3-7,10H,8-9,11-12H2,1-2H3,(H,20,21). The molecule has 25 heavy (non-hydrogen) atoms. The van der Waals surface area contributed by atoms with Crippen LogP contribution in [0.25, 0.3) is 0 Å². The van der Waals surface area contributed by atoms with Gasteiger partial charge in [-0.3, -0.25) is 4.79 Å². The van der Waals surface area contributed by atoms with E-state index in [-0.39, 0.29) is 19.1 Å². The summed E-state index contributed by atoms with van der Waals surface area (Å²) >= 11 is 0. The molecule has 1 aliphatic rings. The van der Waals surface area contributed by atoms with Gasteiger partial charge < -0.3 is 24.3 Å². The molecule has 1 heterocycles. The molecule has 0 bridgehead atoms. The van der Waals surface area contributed by atoms with Crippen molar-refractivity contribution in [2.75, 3.05) is 27.6 Å². The number of benzene rings is 2. The van der Waals surface area contributed by atoms with Gasteiger partial charge in [0.1, 0.15) is 0 Å². The zero-order valence-electron chi connectivity index (χ0n) is 14.3. The van der Waals surface area contributed by atoms with E-state index in [2.05, 4.69) is 5.32 Å². The Hall–Kier alpha value is -2.89. The van der Waals surface area contributed by atoms with Crippen molar-refractivity contribution in [1.29, 1.82) is 0 Å². The van der Waals surface area contributed by atoms with Crippen LogP contribution in [0, 0.1) is 0 Å². The average Bonchev–Trinajstić information content (AvgIpc) is 3.11. The van der Waals surface area contributed by atoms with Gasteiger partial charge in [0, 0.05) is 12.1 Å². The van der Waals surface area contributed by atoms with E-state index < -0.39 is 0 Å². The molecule has 6 heteroatoms. The van der Waals surface area contributed by atoms with Gasteiger partial charge in [-0.1, -0.05) is 18.2 Å². The predicted molar refractivity (Wildman–Crippen MR) is 92.5 cm³/mol. The molecule has 6 nitrogen and oxygen atoms in total. The highest BCUT2D eigenvalue weighted by molar-refractivity contribution is 5.79. The first kappa shape index (κ1) is 17.0. The van der Waals surface area contributed by atoms with Crippen LogP contribution in [0.4, 0.5) is 0 Å². The predicted octanol–water partition coefficient (Wildman–Crippen LogP) is 2.33. The van der Waals surface area contributed by atoms with Crippen LogP contribution in [-0.2, 0) is 17.6 Å². The Morgan fingerprint density at radius 1 is 1.12 bits per heavy atom. The van der Waals surface area contributed by atoms with Gasteiger partial charge in [0.05, 0.1) is 20.6 Å². The van der Waals surface area contributed by atoms with E-state index in [1.807, 2.05) is 36.4 Å². The van der Waals surface area contributed by atoms with Crippen LogP contribution < -0.4 is 24.3 Å². The number of fused-ring (bicyclic) bond motifs is 1. The molecule has 1 amide bonds. The Morgan fingerprint density at radius 2 is 1.96 bits per heavy atom. The minimum absolute atomic E-state index is 0.0515. The molecular formula is C19H21NO5. The summed E-state index contributed by atoms with van der Waals surface area (Å²) in [6.45, 7) is 0.744. The molecule has 0 aliphatic carbocycles. The molecule has 1 N–H and O–H groups in total. The highest BCUT2D eigenvalue weighted by atomic mass is 16.7. The van der Waals surface area contributed by atoms with E-state index >= 15 is 0 Å². The average molecular weight is 343 g/mol. The van der Waals surface area contributed by atoms with E-state index in [1.54, 1.807) is 14.2 Å². The van der Waals surface area contributed by atoms with Crippen LogP contribution in [0.15, 0.2) is 36.4 Å². The molecule has 0 radical (unpaired) electrons. The van der Waals surface area contributed by atoms with Gasteiger partial charge in [-0.25, -0.2) is 0 Å². The Bertz CT molecular complexity index is 759. The number of ether oxygens (including phenoxy) is 4. The number of carbonyl (C=O) groups is 1. The fourth-order valence-electron chi connectivity index (χ4n) is 2.75. The van der Waals surface area contributed by atoms with Crippen LogP contribution in [0.5, 0.6) is 23.0 Å². The number of hydrogen-bond donors (Lipinski definition) is 1. The quantitative estimate of drug-likeness (QED) is 0.836. The second-order valence-corrected chi connectivity index (χ2v) is 5.62. The summed E-state index contributed by atoms with van der Waals surface area (Å²) in [7, 11) is 3.21. The largest absolute Gasteiger partial charge is 0.493 e. The molecule has 0 spiro atoms. The van der Waals surface area contributed by atoms with E-state index in [4.69, 9.17) is 18.9 Å². The molecule has 2 aromatic rings. The molecule has 3 rings (SSSR count). The van der Waals surface area contributed by atoms with Gasteiger partial charge in [-0.15, -0.1) is 0 Å². The highest BCUT2D eigenvalue weighted by Crippen LogP contribution is 2.35. The first-order valence-electron chi connectivity index (χ1n) is 8.06. The van der Waals surface area contributed by atoms with E-state index in [1.165, 1.54) is 0 Å². The molecule has 0 atom stereocenters. The highest BCUT2D eigenvalue weighted by Gasteiger charge is 2.18. The monoisotopic (exact) mass is 343 g/mol. The lowest BCUT2D eigenvalue weighted by atomic mass is 10.1. The first-order valence-corrected chi connectivity index (χ1v) is 8.06. The maximum absolute atomic E-state index is 12.2. The third kappa shape index (κ3) is 3.96.